The lowest BCUT2D eigenvalue weighted by Gasteiger charge is -2.29. The van der Waals surface area contributed by atoms with Crippen LogP contribution in [0.5, 0.6) is 0 Å². The molecule has 6 aromatic rings. The molecule has 12 heteroatoms. The van der Waals surface area contributed by atoms with Crippen LogP contribution in [0.25, 0.3) is 52.2 Å². The predicted molar refractivity (Wildman–Crippen MR) is 301 cm³/mol. The molecule has 2 aliphatic rings. The lowest BCUT2D eigenvalue weighted by Crippen LogP contribution is -2.34. The molecule has 0 aromatic carbocycles. The standard InChI is InChI=1S/C60H72N2O6S4/c1-7-13-17-19-23-41-33-51(45-27-25-43(37-63)67-45)71-57(41)49-31-29-47(69-49)55-53-54(60(66)61(55)35-39(11-5)21-15-9-3)56(62(59(53)65)36-40(12-6)22-16-10-4)48-30-32-50(70-48)58-42(24-20-18-14-8-2)34-52(72-58)46-28-26-44(38-64)68-46/h25-34,37-40H,7-24,35-36H2,1-6H3. The molecule has 2 atom stereocenters. The number of nitrogens with zero attached hydrogens (tertiary/aromatic N) is 2. The number of amides is 2. The number of aryl methyl sites for hydroxylation is 2. The average molecular weight is 1050 g/mol. The van der Waals surface area contributed by atoms with Crippen molar-refractivity contribution < 1.29 is 28.0 Å². The van der Waals surface area contributed by atoms with Crippen LogP contribution in [0.15, 0.2) is 80.6 Å². The zero-order chi connectivity index (χ0) is 50.7. The molecule has 8 heterocycles. The molecule has 2 amide bonds. The van der Waals surface area contributed by atoms with E-state index in [2.05, 4.69) is 77.9 Å². The van der Waals surface area contributed by atoms with Gasteiger partial charge in [-0.2, -0.15) is 0 Å². The van der Waals surface area contributed by atoms with Crippen molar-refractivity contribution in [1.82, 2.24) is 9.80 Å². The minimum atomic E-state index is -0.0787. The van der Waals surface area contributed by atoms with Crippen molar-refractivity contribution >= 4 is 81.1 Å². The molecule has 6 aromatic heterocycles. The van der Waals surface area contributed by atoms with Gasteiger partial charge in [0.2, 0.25) is 0 Å². The van der Waals surface area contributed by atoms with E-state index in [0.29, 0.717) is 47.3 Å². The maximum atomic E-state index is 15.7. The van der Waals surface area contributed by atoms with Crippen molar-refractivity contribution in [3.63, 3.8) is 0 Å². The highest BCUT2D eigenvalue weighted by atomic mass is 32.1. The summed E-state index contributed by atoms with van der Waals surface area (Å²) in [5, 5.41) is 0. The summed E-state index contributed by atoms with van der Waals surface area (Å²) in [5.74, 6) is 2.39. The van der Waals surface area contributed by atoms with Gasteiger partial charge in [-0.25, -0.2) is 0 Å². The van der Waals surface area contributed by atoms with E-state index in [-0.39, 0.29) is 23.7 Å². The summed E-state index contributed by atoms with van der Waals surface area (Å²) in [6, 6.07) is 20.3. The zero-order valence-electron chi connectivity index (χ0n) is 43.2. The molecule has 8 rings (SSSR count). The number of thiophene rings is 4. The van der Waals surface area contributed by atoms with E-state index < -0.39 is 0 Å². The van der Waals surface area contributed by atoms with Gasteiger partial charge in [-0.15, -0.1) is 45.3 Å². The fourth-order valence-corrected chi connectivity index (χ4v) is 15.0. The Morgan fingerprint density at radius 2 is 0.875 bits per heavy atom. The molecule has 72 heavy (non-hydrogen) atoms. The van der Waals surface area contributed by atoms with E-state index in [9.17, 15) is 9.59 Å². The smallest absolute Gasteiger partial charge is 0.261 e. The SMILES string of the molecule is CCCCCCc1cc(-c2ccc(C=O)o2)sc1-c1ccc(C2=C3C(=O)N(CC(CC)CCCC)C(c4ccc(-c5sc(-c6ccc(C=O)o6)cc5CCCCCC)s4)=C3C(=O)N2CC(CC)CCCC)s1. The Morgan fingerprint density at radius 3 is 1.24 bits per heavy atom. The van der Waals surface area contributed by atoms with Crippen LogP contribution < -0.4 is 0 Å². The highest BCUT2D eigenvalue weighted by Crippen LogP contribution is 2.52. The zero-order valence-corrected chi connectivity index (χ0v) is 46.5. The Labute approximate surface area is 443 Å². The van der Waals surface area contributed by atoms with Crippen LogP contribution in [0.4, 0.5) is 0 Å². The Bertz CT molecular complexity index is 2680. The highest BCUT2D eigenvalue weighted by molar-refractivity contribution is 7.25. The number of carbonyl (C=O) groups is 4. The van der Waals surface area contributed by atoms with Crippen LogP contribution in [0.3, 0.4) is 0 Å². The second-order valence-corrected chi connectivity index (χ2v) is 23.9. The first-order valence-corrected chi connectivity index (χ1v) is 30.1. The van der Waals surface area contributed by atoms with Crippen molar-refractivity contribution in [3.05, 3.63) is 104 Å². The molecule has 0 saturated heterocycles. The summed E-state index contributed by atoms with van der Waals surface area (Å²) in [5.41, 5.74) is 5.07. The number of hydrogen-bond acceptors (Lipinski definition) is 10. The molecule has 0 bridgehead atoms. The van der Waals surface area contributed by atoms with Gasteiger partial charge in [-0.1, -0.05) is 119 Å². The average Bonchev–Trinajstić information content (AvgIpc) is 4.26. The molecule has 0 fully saturated rings. The van der Waals surface area contributed by atoms with Gasteiger partial charge in [0.1, 0.15) is 11.5 Å². The second-order valence-electron chi connectivity index (χ2n) is 19.6. The van der Waals surface area contributed by atoms with Crippen LogP contribution in [0, 0.1) is 11.8 Å². The summed E-state index contributed by atoms with van der Waals surface area (Å²) in [4.78, 5) is 66.9. The predicted octanol–water partition coefficient (Wildman–Crippen LogP) is 17.9. The summed E-state index contributed by atoms with van der Waals surface area (Å²) >= 11 is 6.70. The van der Waals surface area contributed by atoms with Crippen molar-refractivity contribution in [1.29, 1.82) is 0 Å². The number of carbonyl (C=O) groups excluding carboxylic acids is 4. The summed E-state index contributed by atoms with van der Waals surface area (Å²) in [6.45, 7) is 14.4. The van der Waals surface area contributed by atoms with Crippen LogP contribution >= 0.6 is 45.3 Å². The third-order valence-electron chi connectivity index (χ3n) is 14.5. The van der Waals surface area contributed by atoms with E-state index in [1.54, 1.807) is 57.5 Å². The van der Waals surface area contributed by atoms with Crippen LogP contribution in [-0.2, 0) is 22.4 Å². The largest absolute Gasteiger partial charge is 0.452 e. The molecule has 2 unspecified atom stereocenters. The van der Waals surface area contributed by atoms with E-state index >= 15 is 9.59 Å². The van der Waals surface area contributed by atoms with Crippen molar-refractivity contribution in [2.24, 2.45) is 11.8 Å². The first-order valence-electron chi connectivity index (χ1n) is 26.9. The third kappa shape index (κ3) is 11.7. The Morgan fingerprint density at radius 1 is 0.472 bits per heavy atom. The molecule has 0 spiro atoms. The maximum absolute atomic E-state index is 15.7. The third-order valence-corrected chi connectivity index (χ3v) is 19.4. The lowest BCUT2D eigenvalue weighted by molar-refractivity contribution is -0.124. The van der Waals surface area contributed by atoms with Gasteiger partial charge in [0, 0.05) is 32.6 Å². The molecular weight excluding hydrogens is 973 g/mol. The molecule has 382 valence electrons. The molecule has 0 N–H and O–H groups in total. The fraction of sp³-hybridized carbons (Fsp3) is 0.467. The van der Waals surface area contributed by atoms with Gasteiger partial charge >= 0.3 is 0 Å². The van der Waals surface area contributed by atoms with Crippen LogP contribution in [0.1, 0.15) is 186 Å². The van der Waals surface area contributed by atoms with Gasteiger partial charge in [0.15, 0.2) is 24.1 Å². The van der Waals surface area contributed by atoms with Crippen LogP contribution in [0.2, 0.25) is 0 Å². The lowest BCUT2D eigenvalue weighted by atomic mass is 9.98. The monoisotopic (exact) mass is 1040 g/mol. The summed E-state index contributed by atoms with van der Waals surface area (Å²) in [6.07, 6.45) is 20.7. The first-order chi connectivity index (χ1) is 35.2. The minimum absolute atomic E-state index is 0.0787. The number of aldehydes is 2. The van der Waals surface area contributed by atoms with Crippen LogP contribution in [-0.4, -0.2) is 47.3 Å². The molecular formula is C60H72N2O6S4. The molecule has 8 nitrogen and oxygen atoms in total. The summed E-state index contributed by atoms with van der Waals surface area (Å²) < 4.78 is 11.9. The van der Waals surface area contributed by atoms with E-state index in [4.69, 9.17) is 8.83 Å². The molecule has 0 radical (unpaired) electrons. The Hall–Kier alpha value is -4.88. The number of furan rings is 2. The Kier molecular flexibility index (Phi) is 18.8. The number of unbranched alkanes of at least 4 members (excludes halogenated alkanes) is 8. The molecule has 0 aliphatic carbocycles. The van der Waals surface area contributed by atoms with E-state index in [1.165, 1.54) is 33.7 Å². The van der Waals surface area contributed by atoms with Crippen molar-refractivity contribution in [2.75, 3.05) is 13.1 Å². The quantitative estimate of drug-likeness (QED) is 0.0329. The number of fused-ring (bicyclic) bond motifs is 1. The minimum Gasteiger partial charge on any atom is -0.452 e. The van der Waals surface area contributed by atoms with Gasteiger partial charge in [-0.3, -0.25) is 19.2 Å². The van der Waals surface area contributed by atoms with Gasteiger partial charge in [0.25, 0.3) is 11.8 Å². The van der Waals surface area contributed by atoms with Gasteiger partial charge in [0.05, 0.1) is 42.0 Å². The highest BCUT2D eigenvalue weighted by Gasteiger charge is 2.50. The van der Waals surface area contributed by atoms with Crippen molar-refractivity contribution in [3.8, 4) is 40.8 Å². The second kappa shape index (κ2) is 25.4. The maximum Gasteiger partial charge on any atom is 0.261 e. The summed E-state index contributed by atoms with van der Waals surface area (Å²) in [7, 11) is 0. The van der Waals surface area contributed by atoms with Gasteiger partial charge in [-0.05, 0) is 122 Å². The fourth-order valence-electron chi connectivity index (χ4n) is 10.3. The van der Waals surface area contributed by atoms with E-state index in [1.807, 2.05) is 21.9 Å². The Balaban J connectivity index is 1.27. The molecule has 0 saturated carbocycles. The normalized spacial score (nSPS) is 14.7. The topological polar surface area (TPSA) is 101 Å². The van der Waals surface area contributed by atoms with Gasteiger partial charge < -0.3 is 18.6 Å². The van der Waals surface area contributed by atoms with Crippen molar-refractivity contribution in [2.45, 2.75) is 157 Å². The first kappa shape index (κ1) is 53.4. The van der Waals surface area contributed by atoms with E-state index in [0.717, 1.165) is 156 Å². The number of hydrogen-bond donors (Lipinski definition) is 0. The molecule has 2 aliphatic heterocycles. The number of rotatable bonds is 30.